The zero-order chi connectivity index (χ0) is 29.3. The molecule has 0 bridgehead atoms. The number of carbonyl (C=O) groups excluding carboxylic acids is 3. The summed E-state index contributed by atoms with van der Waals surface area (Å²) in [5.41, 5.74) is 2.08. The molecule has 0 radical (unpaired) electrons. The Kier molecular flexibility index (Phi) is 8.81. The predicted octanol–water partition coefficient (Wildman–Crippen LogP) is 3.28. The van der Waals surface area contributed by atoms with Gasteiger partial charge >= 0.3 is 0 Å². The Labute approximate surface area is 242 Å². The zero-order valence-electron chi connectivity index (χ0n) is 23.4. The number of ketones is 1. The van der Waals surface area contributed by atoms with Crippen molar-refractivity contribution in [1.82, 2.24) is 20.1 Å². The second kappa shape index (κ2) is 12.3. The Morgan fingerprint density at radius 3 is 2.56 bits per heavy atom. The highest BCUT2D eigenvalue weighted by Gasteiger charge is 2.54. The third-order valence-corrected chi connectivity index (χ3v) is 8.85. The van der Waals surface area contributed by atoms with Gasteiger partial charge in [0.05, 0.1) is 17.7 Å². The third kappa shape index (κ3) is 6.19. The van der Waals surface area contributed by atoms with Crippen LogP contribution in [0.4, 0.5) is 13.9 Å². The summed E-state index contributed by atoms with van der Waals surface area (Å²) in [7, 11) is 2.11. The largest absolute Gasteiger partial charge is 0.367 e. The van der Waals surface area contributed by atoms with E-state index in [0.29, 0.717) is 12.0 Å². The molecule has 220 valence electrons. The average Bonchev–Trinajstić information content (AvgIpc) is 3.69. The van der Waals surface area contributed by atoms with Crippen LogP contribution in [0.3, 0.4) is 0 Å². The lowest BCUT2D eigenvalue weighted by Gasteiger charge is -2.32. The van der Waals surface area contributed by atoms with Crippen LogP contribution in [-0.2, 0) is 14.3 Å². The van der Waals surface area contributed by atoms with Gasteiger partial charge in [-0.05, 0) is 31.5 Å². The second-order valence-corrected chi connectivity index (χ2v) is 12.2. The fourth-order valence-corrected chi connectivity index (χ4v) is 6.56. The molecule has 41 heavy (non-hydrogen) atoms. The lowest BCUT2D eigenvalue weighted by atomic mass is 10.00. The molecule has 3 fully saturated rings. The minimum absolute atomic E-state index is 0.0398. The first-order valence-corrected chi connectivity index (χ1v) is 14.7. The number of hydrogen-bond acceptors (Lipinski definition) is 8. The fraction of sp³-hybridized carbons (Fsp3) is 0.517. The fourth-order valence-electron chi connectivity index (χ4n) is 5.67. The molecular formula is C29H35F2N5O4S. The van der Waals surface area contributed by atoms with Gasteiger partial charge < -0.3 is 24.8 Å². The zero-order valence-corrected chi connectivity index (χ0v) is 24.2. The number of carbonyl (C=O) groups is 3. The van der Waals surface area contributed by atoms with E-state index < -0.39 is 41.7 Å². The molecule has 0 saturated carbocycles. The number of likely N-dealkylation sites (N-methyl/N-ethyl adjacent to an activating group) is 1. The Morgan fingerprint density at radius 1 is 1.20 bits per heavy atom. The number of anilines is 1. The molecule has 1 aromatic carbocycles. The molecular weight excluding hydrogens is 552 g/mol. The van der Waals surface area contributed by atoms with Crippen LogP contribution >= 0.6 is 11.3 Å². The Bertz CT molecular complexity index is 1310. The van der Waals surface area contributed by atoms with Crippen molar-refractivity contribution in [2.24, 2.45) is 11.8 Å². The highest BCUT2D eigenvalue weighted by molar-refractivity contribution is 7.14. The molecule has 3 aliphatic heterocycles. The van der Waals surface area contributed by atoms with Crippen molar-refractivity contribution in [2.45, 2.75) is 38.5 Å². The van der Waals surface area contributed by atoms with Crippen molar-refractivity contribution in [3.8, 4) is 11.3 Å². The van der Waals surface area contributed by atoms with Gasteiger partial charge in [0, 0.05) is 49.2 Å². The number of fused-ring (bicyclic) bond motifs is 1. The van der Waals surface area contributed by atoms with Gasteiger partial charge in [-0.2, -0.15) is 0 Å². The van der Waals surface area contributed by atoms with Gasteiger partial charge in [-0.25, -0.2) is 13.8 Å². The molecule has 1 N–H and O–H groups in total. The van der Waals surface area contributed by atoms with Crippen LogP contribution in [0, 0.1) is 11.8 Å². The van der Waals surface area contributed by atoms with E-state index in [-0.39, 0.29) is 31.2 Å². The van der Waals surface area contributed by atoms with E-state index in [1.165, 1.54) is 4.90 Å². The minimum atomic E-state index is -1.06. The maximum atomic E-state index is 14.2. The number of Topliss-reactive ketones (excluding diaryl/α,β-unsaturated/α-hetero) is 1. The number of benzene rings is 1. The quantitative estimate of drug-likeness (QED) is 0.507. The monoisotopic (exact) mass is 587 g/mol. The number of thiazole rings is 1. The van der Waals surface area contributed by atoms with E-state index in [2.05, 4.69) is 22.2 Å². The highest BCUT2D eigenvalue weighted by atomic mass is 32.1. The number of amides is 2. The maximum absolute atomic E-state index is 14.2. The predicted molar refractivity (Wildman–Crippen MR) is 152 cm³/mol. The summed E-state index contributed by atoms with van der Waals surface area (Å²) in [4.78, 5) is 50.0. The van der Waals surface area contributed by atoms with Gasteiger partial charge in [-0.15, -0.1) is 11.3 Å². The Balaban J connectivity index is 1.28. The van der Waals surface area contributed by atoms with Crippen LogP contribution < -0.4 is 10.2 Å². The molecule has 2 amide bonds. The van der Waals surface area contributed by atoms with Crippen molar-refractivity contribution in [3.05, 3.63) is 47.4 Å². The van der Waals surface area contributed by atoms with Crippen LogP contribution in [-0.4, -0.2) is 96.9 Å². The standard InChI is InChI=1S/C29H35F2N5O4S/c1-17(2)12-22(28(39)36-14-20(21(31)13-30)26-25(36)24(37)15-40-26)32-27(38)19-6-4-18(5-7-19)23-16-41-29(33-23)35-10-8-34(3)9-11-35/h4-7,13,16-17,20,22,25-26H,8-12,14-15H2,1-3H3,(H,32,38)/b21-13-. The van der Waals surface area contributed by atoms with E-state index in [0.717, 1.165) is 42.6 Å². The Hall–Kier alpha value is -3.22. The van der Waals surface area contributed by atoms with Gasteiger partial charge in [0.2, 0.25) is 5.91 Å². The summed E-state index contributed by atoms with van der Waals surface area (Å²) in [5.74, 6) is -3.40. The van der Waals surface area contributed by atoms with E-state index in [1.807, 2.05) is 31.4 Å². The normalized spacial score (nSPS) is 24.2. The van der Waals surface area contributed by atoms with E-state index in [4.69, 9.17) is 9.72 Å². The molecule has 3 aliphatic rings. The number of ether oxygens (including phenoxy) is 1. The van der Waals surface area contributed by atoms with Crippen molar-refractivity contribution >= 4 is 34.1 Å². The lowest BCUT2D eigenvalue weighted by molar-refractivity contribution is -0.138. The number of halogens is 2. The van der Waals surface area contributed by atoms with Gasteiger partial charge in [0.1, 0.15) is 30.8 Å². The van der Waals surface area contributed by atoms with Crippen molar-refractivity contribution < 1.29 is 27.9 Å². The smallest absolute Gasteiger partial charge is 0.251 e. The first-order valence-electron chi connectivity index (χ1n) is 13.9. The van der Waals surface area contributed by atoms with Gasteiger partial charge in [-0.3, -0.25) is 14.4 Å². The molecule has 0 aliphatic carbocycles. The minimum Gasteiger partial charge on any atom is -0.367 e. The van der Waals surface area contributed by atoms with Crippen LogP contribution in [0.2, 0.25) is 0 Å². The number of likely N-dealkylation sites (tertiary alicyclic amines) is 1. The van der Waals surface area contributed by atoms with Gasteiger partial charge in [-0.1, -0.05) is 26.0 Å². The van der Waals surface area contributed by atoms with E-state index in [9.17, 15) is 23.2 Å². The first kappa shape index (κ1) is 29.3. The molecule has 3 saturated heterocycles. The number of hydrogen-bond donors (Lipinski definition) is 1. The van der Waals surface area contributed by atoms with E-state index in [1.54, 1.807) is 23.5 Å². The molecule has 12 heteroatoms. The van der Waals surface area contributed by atoms with Crippen LogP contribution in [0.25, 0.3) is 11.3 Å². The average molecular weight is 588 g/mol. The molecule has 0 spiro atoms. The summed E-state index contributed by atoms with van der Waals surface area (Å²) < 4.78 is 32.6. The number of aromatic nitrogens is 1. The van der Waals surface area contributed by atoms with Gasteiger partial charge in [0.25, 0.3) is 5.91 Å². The molecule has 4 unspecified atom stereocenters. The molecule has 9 nitrogen and oxygen atoms in total. The van der Waals surface area contributed by atoms with Crippen molar-refractivity contribution in [1.29, 1.82) is 0 Å². The third-order valence-electron chi connectivity index (χ3n) is 7.95. The highest BCUT2D eigenvalue weighted by Crippen LogP contribution is 2.37. The summed E-state index contributed by atoms with van der Waals surface area (Å²) in [6, 6.07) is 5.08. The number of nitrogens with one attached hydrogen (secondary N) is 1. The lowest BCUT2D eigenvalue weighted by Crippen LogP contribution is -2.52. The molecule has 2 aromatic rings. The summed E-state index contributed by atoms with van der Waals surface area (Å²) in [6.45, 7) is 7.21. The van der Waals surface area contributed by atoms with Crippen molar-refractivity contribution in [2.75, 3.05) is 51.3 Å². The summed E-state index contributed by atoms with van der Waals surface area (Å²) in [6.07, 6.45) is -0.785. The second-order valence-electron chi connectivity index (χ2n) is 11.3. The first-order chi connectivity index (χ1) is 19.7. The topological polar surface area (TPSA) is 95.1 Å². The van der Waals surface area contributed by atoms with Crippen LogP contribution in [0.15, 0.2) is 41.8 Å². The molecule has 1 aromatic heterocycles. The summed E-state index contributed by atoms with van der Waals surface area (Å²) >= 11 is 1.60. The van der Waals surface area contributed by atoms with E-state index >= 15 is 0 Å². The molecule has 4 atom stereocenters. The molecule has 5 rings (SSSR count). The van der Waals surface area contributed by atoms with Gasteiger partial charge in [0.15, 0.2) is 10.9 Å². The molecule has 4 heterocycles. The maximum Gasteiger partial charge on any atom is 0.251 e. The Morgan fingerprint density at radius 2 is 1.90 bits per heavy atom. The van der Waals surface area contributed by atoms with Crippen LogP contribution in [0.1, 0.15) is 30.6 Å². The van der Waals surface area contributed by atoms with Crippen molar-refractivity contribution in [3.63, 3.8) is 0 Å². The number of rotatable bonds is 8. The number of piperazine rings is 1. The number of nitrogens with zero attached hydrogens (tertiary/aromatic N) is 4. The summed E-state index contributed by atoms with van der Waals surface area (Å²) in [5, 5.41) is 5.80. The van der Waals surface area contributed by atoms with Crippen LogP contribution in [0.5, 0.6) is 0 Å². The SMILES string of the molecule is CC(C)CC(NC(=O)c1ccc(-c2csc(N3CCN(C)CC3)n2)cc1)C(=O)N1CC(/C(F)=C/F)C2OCC(=O)C21.